The molecule has 0 radical (unpaired) electrons. The van der Waals surface area contributed by atoms with Crippen LogP contribution in [0.1, 0.15) is 0 Å². The largest absolute Gasteiger partial charge is 0.379 e. The van der Waals surface area contributed by atoms with Crippen molar-refractivity contribution >= 4 is 19.8 Å². The fourth-order valence-electron chi connectivity index (χ4n) is 0.935. The van der Waals surface area contributed by atoms with Gasteiger partial charge in [-0.15, -0.1) is 0 Å². The highest BCUT2D eigenvalue weighted by Gasteiger charge is 2.36. The van der Waals surface area contributed by atoms with Gasteiger partial charge >= 0.3 is 8.35 Å². The van der Waals surface area contributed by atoms with Crippen LogP contribution in [0.3, 0.4) is 0 Å². The van der Waals surface area contributed by atoms with Gasteiger partial charge in [-0.3, -0.25) is 4.57 Å². The van der Waals surface area contributed by atoms with Crippen molar-refractivity contribution in [1.82, 2.24) is 4.57 Å². The highest BCUT2D eigenvalue weighted by Crippen LogP contribution is 2.31. The van der Waals surface area contributed by atoms with E-state index in [1.807, 2.05) is 0 Å². The summed E-state index contributed by atoms with van der Waals surface area (Å²) in [6, 6.07) is 0. The minimum absolute atomic E-state index is 0.832. The Labute approximate surface area is 60.0 Å². The third kappa shape index (κ3) is 1.47. The molecule has 2 aliphatic rings. The van der Waals surface area contributed by atoms with Gasteiger partial charge < -0.3 is 8.61 Å². The van der Waals surface area contributed by atoms with Crippen LogP contribution in [0.15, 0.2) is 0 Å². The molecule has 0 saturated carbocycles. The number of rotatable bonds is 1. The SMILES string of the molecule is C1CN([SiH]2OS2)CCO1. The van der Waals surface area contributed by atoms with Gasteiger partial charge in [0, 0.05) is 13.1 Å². The van der Waals surface area contributed by atoms with Crippen LogP contribution >= 0.6 is 11.5 Å². The van der Waals surface area contributed by atoms with E-state index in [0.29, 0.717) is 0 Å². The Morgan fingerprint density at radius 2 is 2.00 bits per heavy atom. The molecule has 0 bridgehead atoms. The van der Waals surface area contributed by atoms with Crippen LogP contribution in [-0.4, -0.2) is 39.2 Å². The number of hydrogen-bond donors (Lipinski definition) is 0. The summed E-state index contributed by atoms with van der Waals surface area (Å²) in [5.41, 5.74) is 0. The van der Waals surface area contributed by atoms with E-state index >= 15 is 0 Å². The predicted molar refractivity (Wildman–Crippen MR) is 38.2 cm³/mol. The third-order valence-corrected chi connectivity index (χ3v) is 4.99. The van der Waals surface area contributed by atoms with E-state index in [1.165, 1.54) is 0 Å². The lowest BCUT2D eigenvalue weighted by Crippen LogP contribution is -2.39. The Bertz CT molecular complexity index is 105. The van der Waals surface area contributed by atoms with Crippen molar-refractivity contribution in [2.45, 2.75) is 0 Å². The number of hydrogen-bond acceptors (Lipinski definition) is 4. The monoisotopic (exact) mass is 163 g/mol. The van der Waals surface area contributed by atoms with Crippen molar-refractivity contribution in [3.63, 3.8) is 0 Å². The van der Waals surface area contributed by atoms with Crippen molar-refractivity contribution in [2.75, 3.05) is 26.3 Å². The molecule has 52 valence electrons. The van der Waals surface area contributed by atoms with E-state index in [4.69, 9.17) is 8.61 Å². The van der Waals surface area contributed by atoms with E-state index in [-0.39, 0.29) is 0 Å². The lowest BCUT2D eigenvalue weighted by atomic mass is 10.5. The maximum Gasteiger partial charge on any atom is 0.360 e. The summed E-state index contributed by atoms with van der Waals surface area (Å²) in [6.07, 6.45) is 0. The summed E-state index contributed by atoms with van der Waals surface area (Å²) >= 11 is 1.68. The molecule has 1 unspecified atom stereocenters. The minimum atomic E-state index is -0.832. The third-order valence-electron chi connectivity index (χ3n) is 1.53. The van der Waals surface area contributed by atoms with E-state index in [1.54, 1.807) is 11.5 Å². The first kappa shape index (κ1) is 6.18. The zero-order valence-corrected chi connectivity index (χ0v) is 7.05. The number of nitrogens with zero attached hydrogens (tertiary/aromatic N) is 1. The quantitative estimate of drug-likeness (QED) is 0.301. The Morgan fingerprint density at radius 3 is 2.56 bits per heavy atom. The molecule has 0 spiro atoms. The zero-order valence-electron chi connectivity index (χ0n) is 5.08. The van der Waals surface area contributed by atoms with Gasteiger partial charge in [-0.05, 0) is 11.5 Å². The smallest absolute Gasteiger partial charge is 0.360 e. The van der Waals surface area contributed by atoms with Crippen molar-refractivity contribution in [3.05, 3.63) is 0 Å². The fraction of sp³-hybridized carbons (Fsp3) is 1.00. The van der Waals surface area contributed by atoms with E-state index in [0.717, 1.165) is 26.3 Å². The molecule has 9 heavy (non-hydrogen) atoms. The number of morpholine rings is 1. The van der Waals surface area contributed by atoms with Crippen LogP contribution in [0.25, 0.3) is 0 Å². The van der Waals surface area contributed by atoms with Crippen LogP contribution in [0.5, 0.6) is 0 Å². The summed E-state index contributed by atoms with van der Waals surface area (Å²) in [5, 5.41) is 0. The van der Waals surface area contributed by atoms with Crippen LogP contribution < -0.4 is 0 Å². The fourth-order valence-corrected chi connectivity index (χ4v) is 3.82. The predicted octanol–water partition coefficient (Wildman–Crippen LogP) is -0.286. The summed E-state index contributed by atoms with van der Waals surface area (Å²) < 4.78 is 12.8. The Hall–Kier alpha value is 0.447. The number of ether oxygens (including phenoxy) is 1. The molecule has 2 saturated heterocycles. The van der Waals surface area contributed by atoms with Gasteiger partial charge in [-0.2, -0.15) is 0 Å². The second kappa shape index (κ2) is 2.59. The zero-order chi connectivity index (χ0) is 6.10. The van der Waals surface area contributed by atoms with Gasteiger partial charge in [0.1, 0.15) is 0 Å². The van der Waals surface area contributed by atoms with Crippen molar-refractivity contribution < 1.29 is 8.61 Å². The van der Waals surface area contributed by atoms with E-state index in [9.17, 15) is 0 Å². The average Bonchev–Trinajstić information content (AvgIpc) is 2.71. The molecule has 2 aliphatic heterocycles. The van der Waals surface area contributed by atoms with Gasteiger partial charge in [0.25, 0.3) is 0 Å². The van der Waals surface area contributed by atoms with Gasteiger partial charge in [-0.1, -0.05) is 0 Å². The first-order chi connectivity index (χ1) is 4.47. The molecular formula is C4H9NO2SSi. The Kier molecular flexibility index (Phi) is 1.78. The van der Waals surface area contributed by atoms with E-state index < -0.39 is 8.35 Å². The second-order valence-electron chi connectivity index (χ2n) is 2.15. The van der Waals surface area contributed by atoms with Crippen LogP contribution in [-0.2, 0) is 8.61 Å². The van der Waals surface area contributed by atoms with Gasteiger partial charge in [0.2, 0.25) is 0 Å². The van der Waals surface area contributed by atoms with Crippen molar-refractivity contribution in [2.24, 2.45) is 0 Å². The molecule has 0 aromatic carbocycles. The first-order valence-corrected chi connectivity index (χ1v) is 6.31. The topological polar surface area (TPSA) is 25.0 Å². The van der Waals surface area contributed by atoms with Gasteiger partial charge in [-0.25, -0.2) is 0 Å². The highest BCUT2D eigenvalue weighted by atomic mass is 32.4. The molecule has 5 heteroatoms. The van der Waals surface area contributed by atoms with Crippen LogP contribution in [0.4, 0.5) is 0 Å². The summed E-state index contributed by atoms with van der Waals surface area (Å²) in [4.78, 5) is 0. The minimum Gasteiger partial charge on any atom is -0.379 e. The lowest BCUT2D eigenvalue weighted by molar-refractivity contribution is 0.0701. The average molecular weight is 163 g/mol. The van der Waals surface area contributed by atoms with Gasteiger partial charge in [0.15, 0.2) is 0 Å². The second-order valence-corrected chi connectivity index (χ2v) is 6.24. The molecule has 2 heterocycles. The molecule has 1 atom stereocenters. The Balaban J connectivity index is 1.80. The molecule has 0 N–H and O–H groups in total. The van der Waals surface area contributed by atoms with E-state index in [2.05, 4.69) is 4.57 Å². The van der Waals surface area contributed by atoms with Crippen LogP contribution in [0.2, 0.25) is 0 Å². The first-order valence-electron chi connectivity index (χ1n) is 3.11. The Morgan fingerprint density at radius 1 is 1.33 bits per heavy atom. The van der Waals surface area contributed by atoms with Crippen molar-refractivity contribution in [3.8, 4) is 0 Å². The molecule has 0 aromatic heterocycles. The maximum absolute atomic E-state index is 5.19. The normalized spacial score (nSPS) is 36.7. The molecule has 2 rings (SSSR count). The maximum atomic E-state index is 5.19. The van der Waals surface area contributed by atoms with Crippen LogP contribution in [0, 0.1) is 0 Å². The highest BCUT2D eigenvalue weighted by molar-refractivity contribution is 8.31. The van der Waals surface area contributed by atoms with Gasteiger partial charge in [0.05, 0.1) is 13.2 Å². The lowest BCUT2D eigenvalue weighted by Gasteiger charge is -2.22. The molecule has 0 aliphatic carbocycles. The summed E-state index contributed by atoms with van der Waals surface area (Å²) in [5.74, 6) is 0. The summed E-state index contributed by atoms with van der Waals surface area (Å²) in [7, 11) is -0.832. The molecule has 3 nitrogen and oxygen atoms in total. The molecule has 2 fully saturated rings. The molecule has 0 aromatic rings. The molecular weight excluding hydrogens is 154 g/mol. The molecule has 0 amide bonds. The van der Waals surface area contributed by atoms with Crippen molar-refractivity contribution in [1.29, 1.82) is 0 Å². The standard InChI is InChI=1S/C4H9NO2SSi/c1-3-6-4-2-5(1)9-7-8-9/h9H,1-4H2. The summed E-state index contributed by atoms with van der Waals surface area (Å²) in [6.45, 7) is 3.97.